The van der Waals surface area contributed by atoms with Crippen LogP contribution in [0.5, 0.6) is 0 Å². The molecule has 0 aromatic rings. The summed E-state index contributed by atoms with van der Waals surface area (Å²) in [5.41, 5.74) is -1.88. The predicted molar refractivity (Wildman–Crippen MR) is 117 cm³/mol. The number of rotatable bonds is 9. The molecule has 0 saturated carbocycles. The molecule has 2 amide bonds. The van der Waals surface area contributed by atoms with Crippen LogP contribution in [0.4, 0.5) is 0 Å². The number of carbonyl (C=O) groups excluding carboxylic acids is 3. The number of hydrogen-bond donors (Lipinski definition) is 2. The highest BCUT2D eigenvalue weighted by Gasteiger charge is 2.79. The summed E-state index contributed by atoms with van der Waals surface area (Å²) in [5.74, 6) is -2.57. The van der Waals surface area contributed by atoms with Gasteiger partial charge >= 0.3 is 5.97 Å². The number of carbonyl (C=O) groups is 3. The van der Waals surface area contributed by atoms with Gasteiger partial charge < -0.3 is 29.5 Å². The molecule has 6 atom stereocenters. The third-order valence-electron chi connectivity index (χ3n) is 7.98. The van der Waals surface area contributed by atoms with E-state index in [1.54, 1.807) is 13.8 Å². The number of likely N-dealkylation sites (tertiary alicyclic amines) is 1. The normalized spacial score (nSPS) is 36.7. The fourth-order valence-corrected chi connectivity index (χ4v) is 6.37. The molecular weight excluding hydrogens is 430 g/mol. The van der Waals surface area contributed by atoms with E-state index in [9.17, 15) is 19.5 Å². The first kappa shape index (κ1) is 24.4. The lowest BCUT2D eigenvalue weighted by atomic mass is 9.65. The van der Waals surface area contributed by atoms with Gasteiger partial charge in [-0.2, -0.15) is 0 Å². The van der Waals surface area contributed by atoms with Gasteiger partial charge in [0.2, 0.25) is 11.8 Å². The van der Waals surface area contributed by atoms with Crippen LogP contribution < -0.4 is 5.32 Å². The number of hydrogen-bond acceptors (Lipinski definition) is 8. The first-order chi connectivity index (χ1) is 15.8. The Balaban J connectivity index is 1.60. The Morgan fingerprint density at radius 3 is 2.64 bits per heavy atom. The summed E-state index contributed by atoms with van der Waals surface area (Å²) in [6.07, 6.45) is 1.67. The minimum Gasteiger partial charge on any atom is -0.466 e. The van der Waals surface area contributed by atoms with Crippen LogP contribution in [0.2, 0.25) is 0 Å². The molecule has 10 nitrogen and oxygen atoms in total. The van der Waals surface area contributed by atoms with E-state index >= 15 is 0 Å². The van der Waals surface area contributed by atoms with Crippen LogP contribution in [-0.2, 0) is 28.6 Å². The first-order valence-corrected chi connectivity index (χ1v) is 12.2. The number of esters is 1. The molecule has 1 spiro atoms. The Morgan fingerprint density at radius 2 is 2.00 bits per heavy atom. The Kier molecular flexibility index (Phi) is 7.00. The number of aliphatic hydroxyl groups is 1. The quantitative estimate of drug-likeness (QED) is 0.437. The molecule has 4 saturated heterocycles. The Hall–Kier alpha value is -1.75. The smallest absolute Gasteiger partial charge is 0.312 e. The lowest BCUT2D eigenvalue weighted by Crippen LogP contribution is -2.58. The number of morpholine rings is 1. The van der Waals surface area contributed by atoms with Gasteiger partial charge in [0.25, 0.3) is 0 Å². The van der Waals surface area contributed by atoms with E-state index < -0.39 is 41.1 Å². The molecule has 0 radical (unpaired) electrons. The Bertz CT molecular complexity index is 773. The lowest BCUT2D eigenvalue weighted by Gasteiger charge is -2.36. The number of fused-ring (bicyclic) bond motifs is 1. The van der Waals surface area contributed by atoms with Gasteiger partial charge in [-0.1, -0.05) is 6.92 Å². The zero-order chi connectivity index (χ0) is 23.8. The van der Waals surface area contributed by atoms with Crippen molar-refractivity contribution in [3.05, 3.63) is 0 Å². The molecule has 4 aliphatic heterocycles. The standard InChI is InChI=1S/C23H37N3O7/c1-4-22-6-7-23(33-22)16(17(22)21(30)32-5-2)20(29)26(15(3)14-27)18(23)19(28)24-8-9-25-10-12-31-13-11-25/h15-18,27H,4-14H2,1-3H3,(H,24,28)/t15-,16+,17+,18?,22-,23?/m1/s1. The van der Waals surface area contributed by atoms with Crippen LogP contribution in [0.25, 0.3) is 0 Å². The van der Waals surface area contributed by atoms with E-state index in [4.69, 9.17) is 14.2 Å². The average Bonchev–Trinajstić information content (AvgIpc) is 3.43. The monoisotopic (exact) mass is 467 g/mol. The second kappa shape index (κ2) is 9.48. The number of amides is 2. The van der Waals surface area contributed by atoms with Gasteiger partial charge in [0, 0.05) is 26.2 Å². The van der Waals surface area contributed by atoms with Gasteiger partial charge in [0.1, 0.15) is 17.6 Å². The summed E-state index contributed by atoms with van der Waals surface area (Å²) >= 11 is 0. The number of nitrogens with one attached hydrogen (secondary N) is 1. The molecular formula is C23H37N3O7. The molecule has 10 heteroatoms. The third-order valence-corrected chi connectivity index (χ3v) is 7.98. The largest absolute Gasteiger partial charge is 0.466 e. The summed E-state index contributed by atoms with van der Waals surface area (Å²) in [7, 11) is 0. The van der Waals surface area contributed by atoms with E-state index in [1.807, 2.05) is 6.92 Å². The molecule has 33 heavy (non-hydrogen) atoms. The van der Waals surface area contributed by atoms with Gasteiger partial charge in [-0.25, -0.2) is 0 Å². The molecule has 2 unspecified atom stereocenters. The van der Waals surface area contributed by atoms with Crippen molar-refractivity contribution in [1.82, 2.24) is 15.1 Å². The van der Waals surface area contributed by atoms with Gasteiger partial charge in [-0.3, -0.25) is 19.3 Å². The van der Waals surface area contributed by atoms with Crippen LogP contribution in [0.15, 0.2) is 0 Å². The van der Waals surface area contributed by atoms with Crippen molar-refractivity contribution in [3.63, 3.8) is 0 Å². The van der Waals surface area contributed by atoms with Crippen LogP contribution in [0, 0.1) is 11.8 Å². The highest BCUT2D eigenvalue weighted by Crippen LogP contribution is 2.64. The third kappa shape index (κ3) is 3.84. The molecule has 186 valence electrons. The Labute approximate surface area is 194 Å². The molecule has 2 N–H and O–H groups in total. The highest BCUT2D eigenvalue weighted by molar-refractivity contribution is 5.98. The summed E-state index contributed by atoms with van der Waals surface area (Å²) in [6, 6.07) is -1.47. The van der Waals surface area contributed by atoms with E-state index in [0.29, 0.717) is 45.6 Å². The summed E-state index contributed by atoms with van der Waals surface area (Å²) in [4.78, 5) is 44.0. The van der Waals surface area contributed by atoms with E-state index in [0.717, 1.165) is 13.1 Å². The molecule has 2 bridgehead atoms. The van der Waals surface area contributed by atoms with E-state index in [2.05, 4.69) is 10.2 Å². The van der Waals surface area contributed by atoms with Crippen LogP contribution in [0.3, 0.4) is 0 Å². The topological polar surface area (TPSA) is 118 Å². The number of aliphatic hydroxyl groups excluding tert-OH is 1. The molecule has 4 rings (SSSR count). The summed E-state index contributed by atoms with van der Waals surface area (Å²) in [6.45, 7) is 9.45. The highest BCUT2D eigenvalue weighted by atomic mass is 16.6. The minimum absolute atomic E-state index is 0.214. The average molecular weight is 468 g/mol. The van der Waals surface area contributed by atoms with Crippen LogP contribution in [0.1, 0.15) is 40.0 Å². The zero-order valence-corrected chi connectivity index (χ0v) is 19.9. The van der Waals surface area contributed by atoms with Gasteiger partial charge in [0.15, 0.2) is 0 Å². The van der Waals surface area contributed by atoms with Crippen molar-refractivity contribution in [2.45, 2.75) is 63.3 Å². The predicted octanol–water partition coefficient (Wildman–Crippen LogP) is -0.466. The molecule has 0 aromatic heterocycles. The van der Waals surface area contributed by atoms with E-state index in [-0.39, 0.29) is 25.0 Å². The second-order valence-electron chi connectivity index (χ2n) is 9.61. The number of ether oxygens (including phenoxy) is 3. The van der Waals surface area contributed by atoms with Gasteiger partial charge in [0.05, 0.1) is 44.0 Å². The van der Waals surface area contributed by atoms with Crippen molar-refractivity contribution in [1.29, 1.82) is 0 Å². The molecule has 0 aliphatic carbocycles. The minimum atomic E-state index is -1.09. The van der Waals surface area contributed by atoms with Crippen LogP contribution >= 0.6 is 0 Å². The maximum atomic E-state index is 13.7. The molecule has 4 aliphatic rings. The van der Waals surface area contributed by atoms with Crippen molar-refractivity contribution in [3.8, 4) is 0 Å². The molecule has 0 aromatic carbocycles. The number of nitrogens with zero attached hydrogens (tertiary/aromatic N) is 2. The van der Waals surface area contributed by atoms with Crippen molar-refractivity contribution < 1.29 is 33.7 Å². The van der Waals surface area contributed by atoms with E-state index in [1.165, 1.54) is 4.90 Å². The van der Waals surface area contributed by atoms with Crippen LogP contribution in [-0.4, -0.2) is 109 Å². The van der Waals surface area contributed by atoms with Crippen molar-refractivity contribution >= 4 is 17.8 Å². The first-order valence-electron chi connectivity index (χ1n) is 12.2. The maximum Gasteiger partial charge on any atom is 0.312 e. The second-order valence-corrected chi connectivity index (χ2v) is 9.61. The van der Waals surface area contributed by atoms with Gasteiger partial charge in [-0.05, 0) is 33.1 Å². The SMILES string of the molecule is CCOC(=O)[C@@H]1[C@H]2C(=O)N([C@H](C)CO)C(C(=O)NCCN3CCOCC3)C23CC[C@@]1(CC)O3. The summed E-state index contributed by atoms with van der Waals surface area (Å²) in [5, 5.41) is 12.9. The van der Waals surface area contributed by atoms with Crippen molar-refractivity contribution in [2.75, 3.05) is 52.6 Å². The van der Waals surface area contributed by atoms with Gasteiger partial charge in [-0.15, -0.1) is 0 Å². The van der Waals surface area contributed by atoms with Crippen molar-refractivity contribution in [2.24, 2.45) is 11.8 Å². The zero-order valence-electron chi connectivity index (χ0n) is 19.9. The lowest BCUT2D eigenvalue weighted by molar-refractivity contribution is -0.161. The summed E-state index contributed by atoms with van der Waals surface area (Å²) < 4.78 is 17.3. The fourth-order valence-electron chi connectivity index (χ4n) is 6.37. The maximum absolute atomic E-state index is 13.7. The Morgan fingerprint density at radius 1 is 1.27 bits per heavy atom. The molecule has 4 fully saturated rings. The fraction of sp³-hybridized carbons (Fsp3) is 0.870. The molecule has 4 heterocycles.